The Hall–Kier alpha value is -0.790. The Kier molecular flexibility index (Phi) is 4.00. The molecule has 0 amide bonds. The first-order valence-corrected chi connectivity index (χ1v) is 5.07. The van der Waals surface area contributed by atoms with Crippen molar-refractivity contribution >= 4 is 5.97 Å². The Morgan fingerprint density at radius 3 is 2.69 bits per heavy atom. The number of hydrogen-bond donors (Lipinski definition) is 0. The summed E-state index contributed by atoms with van der Waals surface area (Å²) in [4.78, 5) is 11.1. The smallest absolute Gasteiger partial charge is 0.330 e. The first-order chi connectivity index (χ1) is 6.24. The average molecular weight is 182 g/mol. The molecular weight excluding hydrogens is 164 g/mol. The lowest BCUT2D eigenvalue weighted by Crippen LogP contribution is -2.27. The third-order valence-electron chi connectivity index (χ3n) is 2.60. The van der Waals surface area contributed by atoms with E-state index in [4.69, 9.17) is 4.74 Å². The zero-order valence-electron chi connectivity index (χ0n) is 8.45. The second-order valence-corrected chi connectivity index (χ2v) is 3.74. The average Bonchev–Trinajstić information content (AvgIpc) is 2.09. The van der Waals surface area contributed by atoms with Crippen LogP contribution >= 0.6 is 0 Å². The number of carbonyl (C=O) groups excluding carboxylic acids is 1. The molecule has 2 heteroatoms. The topological polar surface area (TPSA) is 26.3 Å². The van der Waals surface area contributed by atoms with Crippen LogP contribution in [0.1, 0.15) is 39.5 Å². The van der Waals surface area contributed by atoms with Crippen LogP contribution in [0.25, 0.3) is 0 Å². The lowest BCUT2D eigenvalue weighted by Gasteiger charge is -2.27. The van der Waals surface area contributed by atoms with Gasteiger partial charge in [-0.05, 0) is 32.1 Å². The summed E-state index contributed by atoms with van der Waals surface area (Å²) < 4.78 is 5.32. The van der Waals surface area contributed by atoms with Gasteiger partial charge in [-0.15, -0.1) is 0 Å². The number of carbonyl (C=O) groups is 1. The van der Waals surface area contributed by atoms with Gasteiger partial charge in [0.2, 0.25) is 0 Å². The van der Waals surface area contributed by atoms with E-state index < -0.39 is 0 Å². The molecule has 2 unspecified atom stereocenters. The van der Waals surface area contributed by atoms with Crippen LogP contribution in [0.5, 0.6) is 0 Å². The maximum atomic E-state index is 11.1. The van der Waals surface area contributed by atoms with Crippen LogP contribution in [0.3, 0.4) is 0 Å². The maximum Gasteiger partial charge on any atom is 0.330 e. The minimum absolute atomic E-state index is 0.150. The monoisotopic (exact) mass is 182 g/mol. The number of allylic oxidation sites excluding steroid dienone is 1. The molecule has 1 rings (SSSR count). The molecule has 2 nitrogen and oxygen atoms in total. The summed E-state index contributed by atoms with van der Waals surface area (Å²) in [5.41, 5.74) is 0. The highest BCUT2D eigenvalue weighted by Crippen LogP contribution is 2.26. The summed E-state index contributed by atoms with van der Waals surface area (Å²) in [5, 5.41) is 0. The van der Waals surface area contributed by atoms with E-state index in [1.807, 2.05) is 6.92 Å². The Morgan fingerprint density at radius 1 is 1.38 bits per heavy atom. The van der Waals surface area contributed by atoms with Crippen LogP contribution in [0.2, 0.25) is 0 Å². The molecule has 0 saturated heterocycles. The molecule has 74 valence electrons. The molecule has 1 saturated carbocycles. The highest BCUT2D eigenvalue weighted by atomic mass is 16.5. The van der Waals surface area contributed by atoms with Crippen LogP contribution in [-0.4, -0.2) is 12.1 Å². The van der Waals surface area contributed by atoms with Crippen molar-refractivity contribution in [3.8, 4) is 0 Å². The van der Waals surface area contributed by atoms with Gasteiger partial charge in [0.1, 0.15) is 6.10 Å². The number of rotatable bonds is 2. The molecule has 1 fully saturated rings. The van der Waals surface area contributed by atoms with E-state index in [0.717, 1.165) is 6.42 Å². The second-order valence-electron chi connectivity index (χ2n) is 3.74. The van der Waals surface area contributed by atoms with Crippen LogP contribution in [0, 0.1) is 5.92 Å². The van der Waals surface area contributed by atoms with Gasteiger partial charge in [-0.25, -0.2) is 4.79 Å². The predicted octanol–water partition coefficient (Wildman–Crippen LogP) is 2.68. The van der Waals surface area contributed by atoms with Crippen molar-refractivity contribution in [3.05, 3.63) is 12.2 Å². The molecule has 0 heterocycles. The third kappa shape index (κ3) is 3.21. The predicted molar refractivity (Wildman–Crippen MR) is 52.3 cm³/mol. The summed E-state index contributed by atoms with van der Waals surface area (Å²) >= 11 is 0. The summed E-state index contributed by atoms with van der Waals surface area (Å²) in [6.07, 6.45) is 8.05. The minimum Gasteiger partial charge on any atom is -0.459 e. The Labute approximate surface area is 80.0 Å². The number of ether oxygens (including phenoxy) is 1. The Morgan fingerprint density at radius 2 is 2.08 bits per heavy atom. The summed E-state index contributed by atoms with van der Waals surface area (Å²) in [6, 6.07) is 0. The SMILES string of the molecule is C/C=C/C(=O)OC1CCCCC1C. The lowest BCUT2D eigenvalue weighted by atomic mass is 9.88. The van der Waals surface area contributed by atoms with Crippen molar-refractivity contribution in [2.45, 2.75) is 45.6 Å². The molecular formula is C11H18O2. The number of esters is 1. The number of hydrogen-bond acceptors (Lipinski definition) is 2. The fraction of sp³-hybridized carbons (Fsp3) is 0.727. The Balaban J connectivity index is 2.37. The molecule has 0 bridgehead atoms. The molecule has 0 spiro atoms. The van der Waals surface area contributed by atoms with Gasteiger partial charge < -0.3 is 4.74 Å². The molecule has 0 N–H and O–H groups in total. The van der Waals surface area contributed by atoms with E-state index in [1.165, 1.54) is 25.3 Å². The molecule has 0 aliphatic heterocycles. The van der Waals surface area contributed by atoms with E-state index in [1.54, 1.807) is 6.08 Å². The van der Waals surface area contributed by atoms with Gasteiger partial charge >= 0.3 is 5.97 Å². The van der Waals surface area contributed by atoms with Crippen LogP contribution in [0.15, 0.2) is 12.2 Å². The lowest BCUT2D eigenvalue weighted by molar-refractivity contribution is -0.147. The summed E-state index contributed by atoms with van der Waals surface area (Å²) in [7, 11) is 0. The van der Waals surface area contributed by atoms with Gasteiger partial charge in [0.15, 0.2) is 0 Å². The minimum atomic E-state index is -0.193. The normalized spacial score (nSPS) is 29.1. The molecule has 0 aromatic heterocycles. The molecule has 13 heavy (non-hydrogen) atoms. The van der Waals surface area contributed by atoms with E-state index in [9.17, 15) is 4.79 Å². The van der Waals surface area contributed by atoms with Gasteiger partial charge in [0.25, 0.3) is 0 Å². The highest BCUT2D eigenvalue weighted by Gasteiger charge is 2.23. The van der Waals surface area contributed by atoms with Gasteiger partial charge in [-0.2, -0.15) is 0 Å². The van der Waals surface area contributed by atoms with Crippen molar-refractivity contribution in [2.75, 3.05) is 0 Å². The molecule has 1 aliphatic carbocycles. The van der Waals surface area contributed by atoms with Gasteiger partial charge in [-0.3, -0.25) is 0 Å². The zero-order chi connectivity index (χ0) is 9.68. The fourth-order valence-corrected chi connectivity index (χ4v) is 1.78. The Bertz CT molecular complexity index is 196. The molecule has 0 radical (unpaired) electrons. The van der Waals surface area contributed by atoms with Crippen LogP contribution in [-0.2, 0) is 9.53 Å². The summed E-state index contributed by atoms with van der Waals surface area (Å²) in [6.45, 7) is 3.98. The largest absolute Gasteiger partial charge is 0.459 e. The van der Waals surface area contributed by atoms with E-state index in [0.29, 0.717) is 5.92 Å². The van der Waals surface area contributed by atoms with Gasteiger partial charge in [0.05, 0.1) is 0 Å². The zero-order valence-corrected chi connectivity index (χ0v) is 8.45. The van der Waals surface area contributed by atoms with Gasteiger partial charge in [0, 0.05) is 6.08 Å². The second kappa shape index (κ2) is 5.05. The first-order valence-electron chi connectivity index (χ1n) is 5.07. The van der Waals surface area contributed by atoms with Crippen LogP contribution in [0.4, 0.5) is 0 Å². The fourth-order valence-electron chi connectivity index (χ4n) is 1.78. The molecule has 1 aliphatic rings. The van der Waals surface area contributed by atoms with Crippen molar-refractivity contribution in [3.63, 3.8) is 0 Å². The standard InChI is InChI=1S/C11H18O2/c1-3-6-11(12)13-10-8-5-4-7-9(10)2/h3,6,9-10H,4-5,7-8H2,1-2H3/b6-3+. The molecule has 2 atom stereocenters. The van der Waals surface area contributed by atoms with Crippen molar-refractivity contribution in [2.24, 2.45) is 5.92 Å². The van der Waals surface area contributed by atoms with Gasteiger partial charge in [-0.1, -0.05) is 19.4 Å². The first kappa shape index (κ1) is 10.3. The van der Waals surface area contributed by atoms with E-state index >= 15 is 0 Å². The molecule has 0 aromatic carbocycles. The van der Waals surface area contributed by atoms with Crippen molar-refractivity contribution < 1.29 is 9.53 Å². The quantitative estimate of drug-likeness (QED) is 0.485. The van der Waals surface area contributed by atoms with Crippen molar-refractivity contribution in [1.29, 1.82) is 0 Å². The highest BCUT2D eigenvalue weighted by molar-refractivity contribution is 5.81. The van der Waals surface area contributed by atoms with E-state index in [-0.39, 0.29) is 12.1 Å². The van der Waals surface area contributed by atoms with Crippen LogP contribution < -0.4 is 0 Å². The molecule has 0 aromatic rings. The van der Waals surface area contributed by atoms with E-state index in [2.05, 4.69) is 6.92 Å². The maximum absolute atomic E-state index is 11.1. The third-order valence-corrected chi connectivity index (χ3v) is 2.60. The summed E-state index contributed by atoms with van der Waals surface area (Å²) in [5.74, 6) is 0.337. The van der Waals surface area contributed by atoms with Crippen molar-refractivity contribution in [1.82, 2.24) is 0 Å².